The standard InChI is InChI=1S/C19H21NO4/c1-14(24-18-5-3-4-16(12-18)13-21)19(22)20-11-10-15-6-8-17(23-2)9-7-15/h3-9,12-14H,10-11H2,1-2H3,(H,20,22). The zero-order valence-corrected chi connectivity index (χ0v) is 13.8. The first-order chi connectivity index (χ1) is 11.6. The molecule has 1 atom stereocenters. The van der Waals surface area contributed by atoms with Crippen LogP contribution in [-0.2, 0) is 11.2 Å². The van der Waals surface area contributed by atoms with Gasteiger partial charge >= 0.3 is 0 Å². The number of methoxy groups -OCH3 is 1. The smallest absolute Gasteiger partial charge is 0.260 e. The van der Waals surface area contributed by atoms with Crippen molar-refractivity contribution in [3.05, 3.63) is 59.7 Å². The van der Waals surface area contributed by atoms with Crippen molar-refractivity contribution in [2.45, 2.75) is 19.4 Å². The molecule has 126 valence electrons. The Hall–Kier alpha value is -2.82. The molecule has 0 radical (unpaired) electrons. The SMILES string of the molecule is COc1ccc(CCNC(=O)C(C)Oc2cccc(C=O)c2)cc1. The fourth-order valence-corrected chi connectivity index (χ4v) is 2.18. The molecule has 1 N–H and O–H groups in total. The highest BCUT2D eigenvalue weighted by atomic mass is 16.5. The average molecular weight is 327 g/mol. The third kappa shape index (κ3) is 5.12. The lowest BCUT2D eigenvalue weighted by Crippen LogP contribution is -2.37. The quantitative estimate of drug-likeness (QED) is 0.757. The van der Waals surface area contributed by atoms with Crippen molar-refractivity contribution in [2.75, 3.05) is 13.7 Å². The molecule has 2 aromatic rings. The maximum atomic E-state index is 12.1. The average Bonchev–Trinajstić information content (AvgIpc) is 2.62. The zero-order chi connectivity index (χ0) is 17.4. The van der Waals surface area contributed by atoms with Crippen molar-refractivity contribution in [1.82, 2.24) is 5.32 Å². The van der Waals surface area contributed by atoms with E-state index in [0.29, 0.717) is 17.9 Å². The van der Waals surface area contributed by atoms with Crippen LogP contribution in [0.2, 0.25) is 0 Å². The largest absolute Gasteiger partial charge is 0.497 e. The van der Waals surface area contributed by atoms with Crippen molar-refractivity contribution in [1.29, 1.82) is 0 Å². The van der Waals surface area contributed by atoms with E-state index in [0.717, 1.165) is 24.0 Å². The third-order valence-electron chi connectivity index (χ3n) is 3.55. The number of aldehydes is 1. The fraction of sp³-hybridized carbons (Fsp3) is 0.263. The molecule has 1 unspecified atom stereocenters. The third-order valence-corrected chi connectivity index (χ3v) is 3.55. The summed E-state index contributed by atoms with van der Waals surface area (Å²) in [4.78, 5) is 22.8. The normalized spacial score (nSPS) is 11.4. The van der Waals surface area contributed by atoms with Gasteiger partial charge in [0.2, 0.25) is 0 Å². The lowest BCUT2D eigenvalue weighted by Gasteiger charge is -2.15. The summed E-state index contributed by atoms with van der Waals surface area (Å²) in [5.41, 5.74) is 1.63. The van der Waals surface area contributed by atoms with Gasteiger partial charge in [0, 0.05) is 12.1 Å². The molecule has 0 fully saturated rings. The van der Waals surface area contributed by atoms with Crippen molar-refractivity contribution >= 4 is 12.2 Å². The molecular weight excluding hydrogens is 306 g/mol. The zero-order valence-electron chi connectivity index (χ0n) is 13.8. The van der Waals surface area contributed by atoms with Gasteiger partial charge in [-0.25, -0.2) is 0 Å². The predicted molar refractivity (Wildman–Crippen MR) is 91.6 cm³/mol. The van der Waals surface area contributed by atoms with E-state index in [1.807, 2.05) is 24.3 Å². The Morgan fingerprint density at radius 1 is 1.17 bits per heavy atom. The van der Waals surface area contributed by atoms with Gasteiger partial charge in [0.25, 0.3) is 5.91 Å². The second-order valence-electron chi connectivity index (χ2n) is 5.34. The summed E-state index contributed by atoms with van der Waals surface area (Å²) in [6.07, 6.45) is 0.831. The van der Waals surface area contributed by atoms with Crippen LogP contribution in [0.1, 0.15) is 22.8 Å². The minimum atomic E-state index is -0.636. The van der Waals surface area contributed by atoms with Crippen molar-refractivity contribution in [2.24, 2.45) is 0 Å². The molecule has 5 nitrogen and oxygen atoms in total. The summed E-state index contributed by atoms with van der Waals surface area (Å²) in [6.45, 7) is 2.20. The van der Waals surface area contributed by atoms with E-state index >= 15 is 0 Å². The molecule has 0 saturated heterocycles. The van der Waals surface area contributed by atoms with Crippen LogP contribution >= 0.6 is 0 Å². The highest BCUT2D eigenvalue weighted by Gasteiger charge is 2.14. The second-order valence-corrected chi connectivity index (χ2v) is 5.34. The molecule has 2 rings (SSSR count). The van der Waals surface area contributed by atoms with Crippen LogP contribution in [0.5, 0.6) is 11.5 Å². The van der Waals surface area contributed by atoms with Gasteiger partial charge in [-0.3, -0.25) is 9.59 Å². The monoisotopic (exact) mass is 327 g/mol. The van der Waals surface area contributed by atoms with E-state index in [2.05, 4.69) is 5.32 Å². The number of carbonyl (C=O) groups excluding carboxylic acids is 2. The molecule has 0 bridgehead atoms. The van der Waals surface area contributed by atoms with Crippen molar-refractivity contribution in [3.63, 3.8) is 0 Å². The summed E-state index contributed by atoms with van der Waals surface area (Å²) in [5, 5.41) is 2.84. The predicted octanol–water partition coefficient (Wildman–Crippen LogP) is 2.63. The van der Waals surface area contributed by atoms with Gasteiger partial charge in [-0.15, -0.1) is 0 Å². The van der Waals surface area contributed by atoms with Gasteiger partial charge < -0.3 is 14.8 Å². The highest BCUT2D eigenvalue weighted by molar-refractivity contribution is 5.81. The molecule has 0 spiro atoms. The molecular formula is C19H21NO4. The molecule has 0 aliphatic heterocycles. The maximum Gasteiger partial charge on any atom is 0.260 e. The minimum Gasteiger partial charge on any atom is -0.497 e. The van der Waals surface area contributed by atoms with Crippen LogP contribution in [0.4, 0.5) is 0 Å². The Kier molecular flexibility index (Phi) is 6.37. The molecule has 0 aromatic heterocycles. The Morgan fingerprint density at radius 2 is 1.92 bits per heavy atom. The van der Waals surface area contributed by atoms with Gasteiger partial charge in [0.1, 0.15) is 17.8 Å². The first kappa shape index (κ1) is 17.5. The molecule has 2 aromatic carbocycles. The number of hydrogen-bond donors (Lipinski definition) is 1. The summed E-state index contributed by atoms with van der Waals surface area (Å²) in [6, 6.07) is 14.4. The second kappa shape index (κ2) is 8.72. The van der Waals surface area contributed by atoms with E-state index in [1.54, 1.807) is 38.3 Å². The fourth-order valence-electron chi connectivity index (χ4n) is 2.18. The minimum absolute atomic E-state index is 0.194. The molecule has 0 heterocycles. The van der Waals surface area contributed by atoms with Crippen LogP contribution in [0, 0.1) is 0 Å². The lowest BCUT2D eigenvalue weighted by molar-refractivity contribution is -0.127. The highest BCUT2D eigenvalue weighted by Crippen LogP contribution is 2.14. The van der Waals surface area contributed by atoms with Crippen LogP contribution in [0.15, 0.2) is 48.5 Å². The van der Waals surface area contributed by atoms with Gasteiger partial charge in [-0.05, 0) is 43.2 Å². The lowest BCUT2D eigenvalue weighted by atomic mass is 10.1. The Balaban J connectivity index is 1.79. The van der Waals surface area contributed by atoms with Gasteiger partial charge in [0.15, 0.2) is 6.10 Å². The number of amides is 1. The number of carbonyl (C=O) groups is 2. The number of benzene rings is 2. The molecule has 24 heavy (non-hydrogen) atoms. The van der Waals surface area contributed by atoms with Gasteiger partial charge in [-0.2, -0.15) is 0 Å². The molecule has 1 amide bonds. The summed E-state index contributed by atoms with van der Waals surface area (Å²) in [7, 11) is 1.63. The summed E-state index contributed by atoms with van der Waals surface area (Å²) < 4.78 is 10.7. The molecule has 5 heteroatoms. The molecule has 0 saturated carbocycles. The Morgan fingerprint density at radius 3 is 2.58 bits per heavy atom. The molecule has 0 aliphatic carbocycles. The van der Waals surface area contributed by atoms with E-state index < -0.39 is 6.10 Å². The van der Waals surface area contributed by atoms with Crippen molar-refractivity contribution < 1.29 is 19.1 Å². The number of ether oxygens (including phenoxy) is 2. The van der Waals surface area contributed by atoms with Crippen LogP contribution in [-0.4, -0.2) is 32.0 Å². The summed E-state index contributed by atoms with van der Waals surface area (Å²) in [5.74, 6) is 1.11. The van der Waals surface area contributed by atoms with E-state index in [-0.39, 0.29) is 5.91 Å². The van der Waals surface area contributed by atoms with Crippen LogP contribution in [0.3, 0.4) is 0 Å². The number of rotatable bonds is 8. The number of nitrogens with one attached hydrogen (secondary N) is 1. The van der Waals surface area contributed by atoms with Crippen LogP contribution in [0.25, 0.3) is 0 Å². The summed E-state index contributed by atoms with van der Waals surface area (Å²) >= 11 is 0. The maximum absolute atomic E-state index is 12.1. The van der Waals surface area contributed by atoms with E-state index in [4.69, 9.17) is 9.47 Å². The van der Waals surface area contributed by atoms with Crippen LogP contribution < -0.4 is 14.8 Å². The van der Waals surface area contributed by atoms with Gasteiger partial charge in [-0.1, -0.05) is 24.3 Å². The first-order valence-electron chi connectivity index (χ1n) is 7.75. The van der Waals surface area contributed by atoms with Gasteiger partial charge in [0.05, 0.1) is 7.11 Å². The first-order valence-corrected chi connectivity index (χ1v) is 7.75. The van der Waals surface area contributed by atoms with E-state index in [9.17, 15) is 9.59 Å². The topological polar surface area (TPSA) is 64.6 Å². The van der Waals surface area contributed by atoms with E-state index in [1.165, 1.54) is 0 Å². The van der Waals surface area contributed by atoms with Crippen molar-refractivity contribution in [3.8, 4) is 11.5 Å². The molecule has 0 aliphatic rings. The Labute approximate surface area is 141 Å². The number of hydrogen-bond acceptors (Lipinski definition) is 4. The Bertz CT molecular complexity index is 682.